The minimum atomic E-state index is -2.74. The molecule has 5 rings (SSSR count). The Labute approximate surface area is 218 Å². The van der Waals surface area contributed by atoms with E-state index in [4.69, 9.17) is 10.2 Å². The van der Waals surface area contributed by atoms with Crippen molar-refractivity contribution in [3.05, 3.63) is 41.2 Å². The van der Waals surface area contributed by atoms with Crippen LogP contribution in [0, 0.1) is 23.7 Å². The fourth-order valence-electron chi connectivity index (χ4n) is 6.72. The van der Waals surface area contributed by atoms with Crippen LogP contribution < -0.4 is 11.1 Å². The number of hydrogen-bond acceptors (Lipinski definition) is 10. The van der Waals surface area contributed by atoms with E-state index in [0.717, 1.165) is 5.56 Å². The Balaban J connectivity index is 1.65. The largest absolute Gasteiger partial charge is 0.507 e. The number of hydrogen-bond donors (Lipinski definition) is 4. The molecule has 0 spiro atoms. The van der Waals surface area contributed by atoms with Crippen molar-refractivity contribution in [3.8, 4) is 17.1 Å². The molecular formula is C27H29N3O8. The van der Waals surface area contributed by atoms with Crippen LogP contribution in [0.3, 0.4) is 0 Å². The molecule has 5 N–H and O–H groups in total. The van der Waals surface area contributed by atoms with E-state index >= 15 is 0 Å². The second kappa shape index (κ2) is 8.97. The molecule has 1 aromatic heterocycles. The highest BCUT2D eigenvalue weighted by molar-refractivity contribution is 6.32. The van der Waals surface area contributed by atoms with Gasteiger partial charge in [0.25, 0.3) is 0 Å². The van der Waals surface area contributed by atoms with E-state index in [0.29, 0.717) is 23.4 Å². The number of likely N-dealkylation sites (N-methyl/N-ethyl adjacent to an activating group) is 1. The topological polar surface area (TPSA) is 180 Å². The lowest BCUT2D eigenvalue weighted by Gasteiger charge is -2.52. The Morgan fingerprint density at radius 3 is 2.53 bits per heavy atom. The highest BCUT2D eigenvalue weighted by atomic mass is 16.3. The molecule has 0 saturated heterocycles. The van der Waals surface area contributed by atoms with Crippen LogP contribution in [0.15, 0.2) is 28.9 Å². The zero-order valence-corrected chi connectivity index (χ0v) is 21.2. The first-order valence-corrected chi connectivity index (χ1v) is 12.4. The van der Waals surface area contributed by atoms with Gasteiger partial charge in [-0.2, -0.15) is 0 Å². The highest BCUT2D eigenvalue weighted by Gasteiger charge is 2.69. The first-order valence-electron chi connectivity index (χ1n) is 12.4. The molecule has 3 aliphatic carbocycles. The third-order valence-electron chi connectivity index (χ3n) is 8.30. The summed E-state index contributed by atoms with van der Waals surface area (Å²) in [5.41, 5.74) is 4.44. The number of nitrogens with two attached hydrogens (primary N) is 1. The number of primary amides is 1. The number of benzene rings is 1. The van der Waals surface area contributed by atoms with Crippen molar-refractivity contribution in [2.75, 3.05) is 21.1 Å². The van der Waals surface area contributed by atoms with E-state index < -0.39 is 64.4 Å². The molecule has 0 bridgehead atoms. The lowest BCUT2D eigenvalue weighted by atomic mass is 9.52. The summed E-state index contributed by atoms with van der Waals surface area (Å²) >= 11 is 0. The minimum absolute atomic E-state index is 0.0134. The number of nitrogens with one attached hydrogen (secondary N) is 1. The van der Waals surface area contributed by atoms with Crippen LogP contribution in [0.25, 0.3) is 11.3 Å². The summed E-state index contributed by atoms with van der Waals surface area (Å²) in [6.07, 6.45) is 1.67. The normalized spacial score (nSPS) is 30.7. The quantitative estimate of drug-likeness (QED) is 0.385. The van der Waals surface area contributed by atoms with Crippen molar-refractivity contribution in [1.82, 2.24) is 10.2 Å². The number of Topliss-reactive ketones (excluding diaryl/α,β-unsaturated/α-hetero) is 4. The first kappa shape index (κ1) is 26.0. The van der Waals surface area contributed by atoms with Gasteiger partial charge in [0.1, 0.15) is 11.5 Å². The molecule has 2 aromatic rings. The SMILES string of the molecule is CNCc1ccoc1-c1ccc(O)c2c1C[C@H]1C[C@H]3[C@H](N(C)C)C(=O)C(C(N)=O)C(=O)[C@@]3(O)C(=O)C1C2=O. The van der Waals surface area contributed by atoms with Crippen LogP contribution in [0.4, 0.5) is 0 Å². The summed E-state index contributed by atoms with van der Waals surface area (Å²) in [4.78, 5) is 67.7. The summed E-state index contributed by atoms with van der Waals surface area (Å²) in [7, 11) is 4.87. The summed E-state index contributed by atoms with van der Waals surface area (Å²) in [5.74, 6) is -10.2. The van der Waals surface area contributed by atoms with Gasteiger partial charge in [-0.05, 0) is 63.7 Å². The van der Waals surface area contributed by atoms with E-state index in [-0.39, 0.29) is 24.2 Å². The van der Waals surface area contributed by atoms with Gasteiger partial charge in [0.15, 0.2) is 34.7 Å². The smallest absolute Gasteiger partial charge is 0.235 e. The first-order chi connectivity index (χ1) is 17.9. The molecule has 38 heavy (non-hydrogen) atoms. The zero-order chi connectivity index (χ0) is 27.7. The van der Waals surface area contributed by atoms with Crippen LogP contribution >= 0.6 is 0 Å². The van der Waals surface area contributed by atoms with Crippen LogP contribution in [-0.4, -0.2) is 76.9 Å². The lowest BCUT2D eigenvalue weighted by molar-refractivity contribution is -0.181. The molecular weight excluding hydrogens is 494 g/mol. The summed E-state index contributed by atoms with van der Waals surface area (Å²) in [6, 6.07) is 3.64. The fourth-order valence-corrected chi connectivity index (χ4v) is 6.72. The summed E-state index contributed by atoms with van der Waals surface area (Å²) in [6.45, 7) is 0.491. The van der Waals surface area contributed by atoms with Crippen molar-refractivity contribution < 1.29 is 38.6 Å². The molecule has 2 fully saturated rings. The molecule has 200 valence electrons. The molecule has 0 aliphatic heterocycles. The number of fused-ring (bicyclic) bond motifs is 3. The minimum Gasteiger partial charge on any atom is -0.507 e. The number of phenolic OH excluding ortho intramolecular Hbond substituents is 1. The van der Waals surface area contributed by atoms with E-state index in [1.807, 2.05) is 0 Å². The van der Waals surface area contributed by atoms with Gasteiger partial charge in [-0.3, -0.25) is 28.9 Å². The second-order valence-corrected chi connectivity index (χ2v) is 10.6. The third-order valence-corrected chi connectivity index (χ3v) is 8.30. The van der Waals surface area contributed by atoms with E-state index in [9.17, 15) is 34.2 Å². The molecule has 1 heterocycles. The number of carbonyl (C=O) groups excluding carboxylic acids is 5. The van der Waals surface area contributed by atoms with Crippen molar-refractivity contribution in [2.45, 2.75) is 31.0 Å². The Morgan fingerprint density at radius 2 is 1.89 bits per heavy atom. The number of furan rings is 1. The van der Waals surface area contributed by atoms with Gasteiger partial charge in [-0.1, -0.05) is 0 Å². The molecule has 6 atom stereocenters. The predicted molar refractivity (Wildman–Crippen MR) is 132 cm³/mol. The standard InChI is InChI=1S/C27H29N3O8/c1-29-10-11-6-7-38-23(11)13-4-5-16(31)18-14(13)8-12-9-15-20(30(2)3)22(33)19(26(28)36)25(35)27(15,37)24(34)17(12)21(18)32/h4-7,12,15,17,19-20,29,31,37H,8-10H2,1-3H3,(H2,28,36)/t12-,15-,17?,19?,20-,27-/m0/s1. The van der Waals surface area contributed by atoms with Gasteiger partial charge in [0, 0.05) is 23.6 Å². The van der Waals surface area contributed by atoms with Crippen LogP contribution in [-0.2, 0) is 32.1 Å². The summed E-state index contributed by atoms with van der Waals surface area (Å²) < 4.78 is 5.73. The van der Waals surface area contributed by atoms with Gasteiger partial charge in [-0.15, -0.1) is 0 Å². The number of rotatable bonds is 5. The Kier molecular flexibility index (Phi) is 6.13. The molecule has 3 aliphatic rings. The molecule has 1 aromatic carbocycles. The van der Waals surface area contributed by atoms with Crippen molar-refractivity contribution in [3.63, 3.8) is 0 Å². The van der Waals surface area contributed by atoms with Crippen molar-refractivity contribution in [1.29, 1.82) is 0 Å². The molecule has 11 heteroatoms. The zero-order valence-electron chi connectivity index (χ0n) is 21.2. The van der Waals surface area contributed by atoms with E-state index in [2.05, 4.69) is 5.32 Å². The maximum absolute atomic E-state index is 13.9. The fraction of sp³-hybridized carbons (Fsp3) is 0.444. The summed E-state index contributed by atoms with van der Waals surface area (Å²) in [5, 5.41) is 25.4. The van der Waals surface area contributed by atoms with E-state index in [1.165, 1.54) is 17.2 Å². The maximum atomic E-state index is 13.9. The molecule has 1 amide bonds. The van der Waals surface area contributed by atoms with Gasteiger partial charge in [0.05, 0.1) is 23.8 Å². The average Bonchev–Trinajstić information content (AvgIpc) is 3.29. The monoisotopic (exact) mass is 523 g/mol. The van der Waals surface area contributed by atoms with Crippen LogP contribution in [0.1, 0.15) is 27.9 Å². The van der Waals surface area contributed by atoms with Crippen molar-refractivity contribution in [2.24, 2.45) is 29.4 Å². The molecule has 2 unspecified atom stereocenters. The third kappa shape index (κ3) is 3.42. The molecule has 2 saturated carbocycles. The van der Waals surface area contributed by atoms with E-state index in [1.54, 1.807) is 33.3 Å². The number of ketones is 4. The van der Waals surface area contributed by atoms with Crippen LogP contribution in [0.5, 0.6) is 5.75 Å². The number of phenols is 1. The Morgan fingerprint density at radius 1 is 1.18 bits per heavy atom. The second-order valence-electron chi connectivity index (χ2n) is 10.6. The van der Waals surface area contributed by atoms with Crippen molar-refractivity contribution >= 4 is 29.0 Å². The molecule has 0 radical (unpaired) electrons. The average molecular weight is 524 g/mol. The Bertz CT molecular complexity index is 1390. The maximum Gasteiger partial charge on any atom is 0.235 e. The number of amides is 1. The number of carbonyl (C=O) groups is 5. The lowest BCUT2D eigenvalue weighted by Crippen LogP contribution is -2.74. The predicted octanol–water partition coefficient (Wildman–Crippen LogP) is -0.154. The van der Waals surface area contributed by atoms with Gasteiger partial charge < -0.3 is 25.7 Å². The number of aromatic hydroxyl groups is 1. The Hall–Kier alpha value is -3.67. The molecule has 11 nitrogen and oxygen atoms in total. The van der Waals surface area contributed by atoms with Gasteiger partial charge in [0.2, 0.25) is 5.91 Å². The highest BCUT2D eigenvalue weighted by Crippen LogP contribution is 2.51. The van der Waals surface area contributed by atoms with Gasteiger partial charge in [-0.25, -0.2) is 0 Å². The van der Waals surface area contributed by atoms with Gasteiger partial charge >= 0.3 is 0 Å². The van der Waals surface area contributed by atoms with Crippen LogP contribution in [0.2, 0.25) is 0 Å². The number of nitrogens with zero attached hydrogens (tertiary/aromatic N) is 1. The number of aliphatic hydroxyl groups is 1.